The Kier molecular flexibility index (Phi) is 5.88. The van der Waals surface area contributed by atoms with Crippen LogP contribution in [0.25, 0.3) is 0 Å². The molecule has 0 unspecified atom stereocenters. The van der Waals surface area contributed by atoms with E-state index in [9.17, 15) is 9.59 Å². The van der Waals surface area contributed by atoms with Crippen LogP contribution in [0.1, 0.15) is 31.0 Å². The number of hydrogen-bond acceptors (Lipinski definition) is 4. The van der Waals surface area contributed by atoms with Crippen LogP contribution in [-0.2, 0) is 11.2 Å². The molecule has 6 nitrogen and oxygen atoms in total. The summed E-state index contributed by atoms with van der Waals surface area (Å²) in [6, 6.07) is 7.24. The van der Waals surface area contributed by atoms with Crippen LogP contribution in [0, 0.1) is 12.8 Å². The molecule has 1 saturated heterocycles. The molecule has 1 aromatic heterocycles. The molecule has 2 heterocycles. The molecule has 0 radical (unpaired) electrons. The molecular formula is C19H24N4O2S. The van der Waals surface area contributed by atoms with Crippen molar-refractivity contribution in [1.82, 2.24) is 9.88 Å². The van der Waals surface area contributed by atoms with E-state index in [2.05, 4.69) is 22.5 Å². The summed E-state index contributed by atoms with van der Waals surface area (Å²) in [4.78, 5) is 30.7. The number of hydrogen-bond donors (Lipinski definition) is 2. The van der Waals surface area contributed by atoms with Gasteiger partial charge in [0.05, 0.1) is 12.1 Å². The Morgan fingerprint density at radius 1 is 1.27 bits per heavy atom. The summed E-state index contributed by atoms with van der Waals surface area (Å²) in [5.41, 5.74) is 2.50. The number of benzene rings is 1. The average Bonchev–Trinajstić information content (AvgIpc) is 3.02. The van der Waals surface area contributed by atoms with Crippen molar-refractivity contribution in [3.8, 4) is 0 Å². The van der Waals surface area contributed by atoms with Crippen LogP contribution in [-0.4, -0.2) is 34.9 Å². The molecule has 1 aromatic carbocycles. The van der Waals surface area contributed by atoms with Crippen molar-refractivity contribution in [1.29, 1.82) is 0 Å². The van der Waals surface area contributed by atoms with E-state index in [0.29, 0.717) is 16.7 Å². The van der Waals surface area contributed by atoms with Crippen molar-refractivity contribution in [2.24, 2.45) is 5.92 Å². The molecule has 2 N–H and O–H groups in total. The quantitative estimate of drug-likeness (QED) is 0.855. The van der Waals surface area contributed by atoms with Gasteiger partial charge >= 0.3 is 6.03 Å². The molecule has 26 heavy (non-hydrogen) atoms. The van der Waals surface area contributed by atoms with Crippen molar-refractivity contribution in [2.75, 3.05) is 23.7 Å². The summed E-state index contributed by atoms with van der Waals surface area (Å²) in [6.45, 7) is 5.85. The first-order valence-corrected chi connectivity index (χ1v) is 9.74. The van der Waals surface area contributed by atoms with Crippen molar-refractivity contribution >= 4 is 34.1 Å². The zero-order chi connectivity index (χ0) is 18.5. The highest BCUT2D eigenvalue weighted by molar-refractivity contribution is 7.14. The van der Waals surface area contributed by atoms with Gasteiger partial charge in [0.25, 0.3) is 0 Å². The van der Waals surface area contributed by atoms with Gasteiger partial charge in [0.1, 0.15) is 0 Å². The third-order valence-corrected chi connectivity index (χ3v) is 5.32. The molecule has 0 saturated carbocycles. The smallest absolute Gasteiger partial charge is 0.325 e. The fraction of sp³-hybridized carbons (Fsp3) is 0.421. The number of urea groups is 1. The summed E-state index contributed by atoms with van der Waals surface area (Å²) < 4.78 is 0. The van der Waals surface area contributed by atoms with E-state index in [1.54, 1.807) is 0 Å². The lowest BCUT2D eigenvalue weighted by Gasteiger charge is -2.30. The molecule has 3 amide bonds. The average molecular weight is 372 g/mol. The predicted molar refractivity (Wildman–Crippen MR) is 105 cm³/mol. The molecule has 3 rings (SSSR count). The molecule has 0 spiro atoms. The Bertz CT molecular complexity index is 781. The van der Waals surface area contributed by atoms with E-state index < -0.39 is 0 Å². The van der Waals surface area contributed by atoms with Crippen LogP contribution < -0.4 is 10.6 Å². The molecule has 1 fully saturated rings. The van der Waals surface area contributed by atoms with Gasteiger partial charge < -0.3 is 10.2 Å². The SMILES string of the molecule is Cc1cccc(NC(=O)Nc2nc(CC(=O)N3CCC(C)CC3)cs2)c1. The molecule has 0 bridgehead atoms. The second-order valence-corrected chi connectivity index (χ2v) is 7.69. The van der Waals surface area contributed by atoms with E-state index >= 15 is 0 Å². The number of amides is 3. The van der Waals surface area contributed by atoms with Gasteiger partial charge in [0.2, 0.25) is 5.91 Å². The maximum Gasteiger partial charge on any atom is 0.325 e. The number of anilines is 2. The number of thiazole rings is 1. The van der Waals surface area contributed by atoms with Crippen LogP contribution in [0.2, 0.25) is 0 Å². The molecule has 0 aliphatic carbocycles. The molecule has 7 heteroatoms. The summed E-state index contributed by atoms with van der Waals surface area (Å²) >= 11 is 1.33. The van der Waals surface area contributed by atoms with E-state index in [4.69, 9.17) is 0 Å². The summed E-state index contributed by atoms with van der Waals surface area (Å²) in [5, 5.41) is 7.82. The highest BCUT2D eigenvalue weighted by Crippen LogP contribution is 2.20. The third kappa shape index (κ3) is 5.05. The van der Waals surface area contributed by atoms with Gasteiger partial charge in [-0.3, -0.25) is 10.1 Å². The van der Waals surface area contributed by atoms with Gasteiger partial charge in [0, 0.05) is 24.2 Å². The van der Waals surface area contributed by atoms with Gasteiger partial charge in [-0.25, -0.2) is 9.78 Å². The van der Waals surface area contributed by atoms with Gasteiger partial charge in [-0.15, -0.1) is 11.3 Å². The Morgan fingerprint density at radius 3 is 2.77 bits per heavy atom. The van der Waals surface area contributed by atoms with Crippen molar-refractivity contribution < 1.29 is 9.59 Å². The summed E-state index contributed by atoms with van der Waals surface area (Å²) in [6.07, 6.45) is 2.41. The fourth-order valence-corrected chi connectivity index (χ4v) is 3.66. The second kappa shape index (κ2) is 8.31. The zero-order valence-electron chi connectivity index (χ0n) is 15.1. The van der Waals surface area contributed by atoms with Gasteiger partial charge in [0.15, 0.2) is 5.13 Å². The molecule has 2 aromatic rings. The number of rotatable bonds is 4. The van der Waals surface area contributed by atoms with Crippen LogP contribution >= 0.6 is 11.3 Å². The Hall–Kier alpha value is -2.41. The van der Waals surface area contributed by atoms with E-state index in [-0.39, 0.29) is 18.4 Å². The first-order chi connectivity index (χ1) is 12.5. The fourth-order valence-electron chi connectivity index (χ4n) is 2.95. The molecule has 1 aliphatic heterocycles. The highest BCUT2D eigenvalue weighted by atomic mass is 32.1. The van der Waals surface area contributed by atoms with Crippen molar-refractivity contribution in [2.45, 2.75) is 33.1 Å². The molecule has 138 valence electrons. The number of piperidine rings is 1. The summed E-state index contributed by atoms with van der Waals surface area (Å²) in [7, 11) is 0. The first-order valence-electron chi connectivity index (χ1n) is 8.86. The number of likely N-dealkylation sites (tertiary alicyclic amines) is 1. The van der Waals surface area contributed by atoms with Gasteiger partial charge in [-0.05, 0) is 43.4 Å². The van der Waals surface area contributed by atoms with Crippen LogP contribution in [0.3, 0.4) is 0 Å². The van der Waals surface area contributed by atoms with Crippen molar-refractivity contribution in [3.05, 3.63) is 40.9 Å². The lowest BCUT2D eigenvalue weighted by Crippen LogP contribution is -2.38. The van der Waals surface area contributed by atoms with Gasteiger partial charge in [-0.2, -0.15) is 0 Å². The standard InChI is InChI=1S/C19H24N4O2S/c1-13-6-8-23(9-7-13)17(24)11-16-12-26-19(21-16)22-18(25)20-15-5-3-4-14(2)10-15/h3-5,10,12-13H,6-9,11H2,1-2H3,(H2,20,21,22,25). The topological polar surface area (TPSA) is 74.3 Å². The maximum absolute atomic E-state index is 12.4. The second-order valence-electron chi connectivity index (χ2n) is 6.83. The normalized spacial score (nSPS) is 14.9. The lowest BCUT2D eigenvalue weighted by atomic mass is 9.99. The number of nitrogens with zero attached hydrogens (tertiary/aromatic N) is 2. The minimum absolute atomic E-state index is 0.109. The Morgan fingerprint density at radius 2 is 2.04 bits per heavy atom. The molecule has 1 aliphatic rings. The van der Waals surface area contributed by atoms with E-state index in [1.807, 2.05) is 41.5 Å². The maximum atomic E-state index is 12.4. The zero-order valence-corrected chi connectivity index (χ0v) is 15.9. The minimum atomic E-state index is -0.340. The summed E-state index contributed by atoms with van der Waals surface area (Å²) in [5.74, 6) is 0.805. The largest absolute Gasteiger partial charge is 0.342 e. The molecular weight excluding hydrogens is 348 g/mol. The third-order valence-electron chi connectivity index (χ3n) is 4.52. The van der Waals surface area contributed by atoms with Crippen molar-refractivity contribution in [3.63, 3.8) is 0 Å². The Balaban J connectivity index is 1.51. The number of aryl methyl sites for hydroxylation is 1. The van der Waals surface area contributed by atoms with Crippen LogP contribution in [0.4, 0.5) is 15.6 Å². The number of aromatic nitrogens is 1. The molecule has 0 atom stereocenters. The van der Waals surface area contributed by atoms with Gasteiger partial charge in [-0.1, -0.05) is 19.1 Å². The number of carbonyl (C=O) groups is 2. The minimum Gasteiger partial charge on any atom is -0.342 e. The number of nitrogens with one attached hydrogen (secondary N) is 2. The first kappa shape index (κ1) is 18.4. The van der Waals surface area contributed by atoms with E-state index in [1.165, 1.54) is 11.3 Å². The lowest BCUT2D eigenvalue weighted by molar-refractivity contribution is -0.131. The van der Waals surface area contributed by atoms with E-state index in [0.717, 1.165) is 37.2 Å². The highest BCUT2D eigenvalue weighted by Gasteiger charge is 2.21. The predicted octanol–water partition coefficient (Wildman–Crippen LogP) is 3.90. The van der Waals surface area contributed by atoms with Crippen LogP contribution in [0.5, 0.6) is 0 Å². The van der Waals surface area contributed by atoms with Crippen LogP contribution in [0.15, 0.2) is 29.6 Å². The number of carbonyl (C=O) groups excluding carboxylic acids is 2. The monoisotopic (exact) mass is 372 g/mol. The Labute approximate surface area is 157 Å².